The lowest BCUT2D eigenvalue weighted by Crippen LogP contribution is -2.30. The van der Waals surface area contributed by atoms with Crippen LogP contribution in [0.25, 0.3) is 16.7 Å². The van der Waals surface area contributed by atoms with E-state index in [1.165, 1.54) is 12.1 Å². The monoisotopic (exact) mass is 427 g/mol. The molecule has 6 nitrogen and oxygen atoms in total. The minimum Gasteiger partial charge on any atom is -0.421 e. The summed E-state index contributed by atoms with van der Waals surface area (Å²) in [6, 6.07) is 11.8. The molecule has 2 aromatic carbocycles. The second-order valence-electron chi connectivity index (χ2n) is 6.51. The zero-order valence-electron chi connectivity index (χ0n) is 15.2. The number of benzene rings is 2. The number of nitrogens with one attached hydrogen (secondary N) is 1. The summed E-state index contributed by atoms with van der Waals surface area (Å²) in [4.78, 5) is 29.0. The Hall–Kier alpha value is -3.09. The second-order valence-corrected chi connectivity index (χ2v) is 7.35. The maximum atomic E-state index is 12.7. The van der Waals surface area contributed by atoms with E-state index in [1.54, 1.807) is 18.6 Å². The molecule has 0 radical (unpaired) electrons. The molecule has 0 saturated heterocycles. The molecule has 1 unspecified atom stereocenters. The molecule has 1 atom stereocenters. The summed E-state index contributed by atoms with van der Waals surface area (Å²) in [5.74, 6) is -0.539. The Morgan fingerprint density at radius 2 is 1.93 bits per heavy atom. The third kappa shape index (κ3) is 3.90. The van der Waals surface area contributed by atoms with Crippen molar-refractivity contribution in [1.29, 1.82) is 0 Å². The standard InChI is InChI=1S/C21H15Cl2N3O3/c1-12(13-2-4-16(5-3-13)26-7-6-24-11-26)25-20(27)17-9-14-8-15(22)10-18(23)19(14)29-21(17)28/h2-12H,1H3,(H,25,27). The van der Waals surface area contributed by atoms with Crippen LogP contribution < -0.4 is 10.9 Å². The highest BCUT2D eigenvalue weighted by Gasteiger charge is 2.18. The van der Waals surface area contributed by atoms with Crippen LogP contribution in [0.1, 0.15) is 28.9 Å². The van der Waals surface area contributed by atoms with Gasteiger partial charge in [0.25, 0.3) is 5.91 Å². The molecule has 0 fully saturated rings. The van der Waals surface area contributed by atoms with E-state index in [4.69, 9.17) is 27.6 Å². The van der Waals surface area contributed by atoms with Gasteiger partial charge in [-0.1, -0.05) is 35.3 Å². The molecule has 1 N–H and O–H groups in total. The average Bonchev–Trinajstić information content (AvgIpc) is 3.23. The third-order valence-electron chi connectivity index (χ3n) is 4.54. The molecule has 0 aliphatic carbocycles. The first-order chi connectivity index (χ1) is 13.9. The molecular formula is C21H15Cl2N3O3. The van der Waals surface area contributed by atoms with Crippen LogP contribution in [0.3, 0.4) is 0 Å². The summed E-state index contributed by atoms with van der Waals surface area (Å²) in [5, 5.41) is 3.89. The zero-order chi connectivity index (χ0) is 20.5. The van der Waals surface area contributed by atoms with Gasteiger partial charge in [-0.15, -0.1) is 0 Å². The van der Waals surface area contributed by atoms with Crippen LogP contribution in [0.2, 0.25) is 10.0 Å². The topological polar surface area (TPSA) is 77.1 Å². The van der Waals surface area contributed by atoms with Crippen LogP contribution in [-0.2, 0) is 0 Å². The van der Waals surface area contributed by atoms with E-state index in [0.717, 1.165) is 11.3 Å². The molecule has 0 aliphatic rings. The van der Waals surface area contributed by atoms with Crippen LogP contribution in [0.15, 0.2) is 70.4 Å². The Morgan fingerprint density at radius 3 is 2.62 bits per heavy atom. The van der Waals surface area contributed by atoms with E-state index >= 15 is 0 Å². The van der Waals surface area contributed by atoms with Gasteiger partial charge in [-0.3, -0.25) is 4.79 Å². The lowest BCUT2D eigenvalue weighted by Gasteiger charge is -2.15. The largest absolute Gasteiger partial charge is 0.421 e. The molecule has 2 heterocycles. The summed E-state index contributed by atoms with van der Waals surface area (Å²) in [6.45, 7) is 1.83. The fraction of sp³-hybridized carbons (Fsp3) is 0.0952. The molecular weight excluding hydrogens is 413 g/mol. The van der Waals surface area contributed by atoms with Crippen LogP contribution in [0.5, 0.6) is 0 Å². The Labute approximate surface area is 175 Å². The Kier molecular flexibility index (Phi) is 5.13. The molecule has 4 rings (SSSR count). The van der Waals surface area contributed by atoms with Crippen molar-refractivity contribution in [2.45, 2.75) is 13.0 Å². The third-order valence-corrected chi connectivity index (χ3v) is 5.04. The predicted octanol–water partition coefficient (Wildman–Crippen LogP) is 4.78. The van der Waals surface area contributed by atoms with Gasteiger partial charge >= 0.3 is 5.63 Å². The molecule has 0 bridgehead atoms. The molecule has 29 heavy (non-hydrogen) atoms. The van der Waals surface area contributed by atoms with E-state index in [0.29, 0.717) is 10.4 Å². The van der Waals surface area contributed by atoms with E-state index in [9.17, 15) is 9.59 Å². The van der Waals surface area contributed by atoms with Gasteiger partial charge in [0, 0.05) is 28.5 Å². The number of hydrogen-bond donors (Lipinski definition) is 1. The number of hydrogen-bond acceptors (Lipinski definition) is 4. The number of carbonyl (C=O) groups is 1. The first-order valence-corrected chi connectivity index (χ1v) is 9.50. The maximum Gasteiger partial charge on any atom is 0.349 e. The Balaban J connectivity index is 1.57. The van der Waals surface area contributed by atoms with Crippen LogP contribution in [0.4, 0.5) is 0 Å². The number of imidazole rings is 1. The smallest absolute Gasteiger partial charge is 0.349 e. The molecule has 2 aromatic heterocycles. The number of rotatable bonds is 4. The second kappa shape index (κ2) is 7.73. The number of carbonyl (C=O) groups excluding carboxylic acids is 1. The number of amides is 1. The van der Waals surface area contributed by atoms with Gasteiger partial charge in [-0.25, -0.2) is 9.78 Å². The van der Waals surface area contributed by atoms with Crippen molar-refractivity contribution < 1.29 is 9.21 Å². The van der Waals surface area contributed by atoms with Crippen molar-refractivity contribution in [1.82, 2.24) is 14.9 Å². The van der Waals surface area contributed by atoms with Crippen LogP contribution in [0, 0.1) is 0 Å². The van der Waals surface area contributed by atoms with Crippen molar-refractivity contribution in [2.24, 2.45) is 0 Å². The number of halogens is 2. The fourth-order valence-corrected chi connectivity index (χ4v) is 3.57. The SMILES string of the molecule is CC(NC(=O)c1cc2cc(Cl)cc(Cl)c2oc1=O)c1ccc(-n2ccnc2)cc1. The number of nitrogens with zero attached hydrogens (tertiary/aromatic N) is 2. The van der Waals surface area contributed by atoms with Crippen LogP contribution >= 0.6 is 23.2 Å². The highest BCUT2D eigenvalue weighted by Crippen LogP contribution is 2.27. The molecule has 0 spiro atoms. The van der Waals surface area contributed by atoms with Gasteiger partial charge in [0.1, 0.15) is 5.56 Å². The van der Waals surface area contributed by atoms with Crippen LogP contribution in [-0.4, -0.2) is 15.5 Å². The van der Waals surface area contributed by atoms with Gasteiger partial charge in [0.05, 0.1) is 17.4 Å². The van der Waals surface area contributed by atoms with Gasteiger partial charge < -0.3 is 14.3 Å². The van der Waals surface area contributed by atoms with E-state index in [1.807, 2.05) is 42.0 Å². The summed E-state index contributed by atoms with van der Waals surface area (Å²) in [6.07, 6.45) is 5.25. The summed E-state index contributed by atoms with van der Waals surface area (Å²) in [7, 11) is 0. The number of fused-ring (bicyclic) bond motifs is 1. The molecule has 1 amide bonds. The maximum absolute atomic E-state index is 12.7. The van der Waals surface area contributed by atoms with E-state index in [2.05, 4.69) is 10.3 Å². The molecule has 0 aliphatic heterocycles. The Bertz CT molecular complexity index is 1250. The zero-order valence-corrected chi connectivity index (χ0v) is 16.7. The predicted molar refractivity (Wildman–Crippen MR) is 112 cm³/mol. The first kappa shape index (κ1) is 19.2. The summed E-state index contributed by atoms with van der Waals surface area (Å²) < 4.78 is 7.11. The molecule has 146 valence electrons. The van der Waals surface area contributed by atoms with Gasteiger partial charge in [0.2, 0.25) is 0 Å². The highest BCUT2D eigenvalue weighted by molar-refractivity contribution is 6.38. The van der Waals surface area contributed by atoms with Crippen molar-refractivity contribution >= 4 is 40.1 Å². The lowest BCUT2D eigenvalue weighted by molar-refractivity contribution is 0.0936. The molecule has 4 aromatic rings. The summed E-state index contributed by atoms with van der Waals surface area (Å²) in [5.41, 5.74) is 1.16. The van der Waals surface area contributed by atoms with Gasteiger partial charge in [0.15, 0.2) is 5.58 Å². The van der Waals surface area contributed by atoms with Gasteiger partial charge in [-0.05, 0) is 42.8 Å². The van der Waals surface area contributed by atoms with Crippen molar-refractivity contribution in [3.8, 4) is 5.69 Å². The fourth-order valence-electron chi connectivity index (χ4n) is 3.02. The average molecular weight is 428 g/mol. The van der Waals surface area contributed by atoms with Crippen molar-refractivity contribution in [2.75, 3.05) is 0 Å². The normalized spacial score (nSPS) is 12.1. The van der Waals surface area contributed by atoms with Crippen molar-refractivity contribution in [3.05, 3.63) is 92.8 Å². The van der Waals surface area contributed by atoms with E-state index in [-0.39, 0.29) is 22.2 Å². The van der Waals surface area contributed by atoms with Crippen molar-refractivity contribution in [3.63, 3.8) is 0 Å². The molecule has 0 saturated carbocycles. The first-order valence-electron chi connectivity index (χ1n) is 8.74. The quantitative estimate of drug-likeness (QED) is 0.475. The minimum atomic E-state index is -0.762. The molecule has 8 heteroatoms. The highest BCUT2D eigenvalue weighted by atomic mass is 35.5. The lowest BCUT2D eigenvalue weighted by atomic mass is 10.1. The minimum absolute atomic E-state index is 0.113. The summed E-state index contributed by atoms with van der Waals surface area (Å²) >= 11 is 12.1. The van der Waals surface area contributed by atoms with E-state index < -0.39 is 11.5 Å². The number of aromatic nitrogens is 2. The Morgan fingerprint density at radius 1 is 1.17 bits per heavy atom. The van der Waals surface area contributed by atoms with Gasteiger partial charge in [-0.2, -0.15) is 0 Å².